The van der Waals surface area contributed by atoms with Crippen LogP contribution in [-0.4, -0.2) is 22.5 Å². The quantitative estimate of drug-likeness (QED) is 0.492. The third-order valence-corrected chi connectivity index (χ3v) is 5.21. The molecule has 0 spiro atoms. The summed E-state index contributed by atoms with van der Waals surface area (Å²) in [7, 11) is 0. The van der Waals surface area contributed by atoms with E-state index in [0.717, 1.165) is 12.2 Å². The van der Waals surface area contributed by atoms with Gasteiger partial charge in [-0.25, -0.2) is 0 Å². The van der Waals surface area contributed by atoms with E-state index in [-0.39, 0.29) is 11.4 Å². The normalized spacial score (nSPS) is 17.3. The van der Waals surface area contributed by atoms with Gasteiger partial charge in [0.25, 0.3) is 5.69 Å². The Morgan fingerprint density at radius 1 is 1.47 bits per heavy atom. The van der Waals surface area contributed by atoms with E-state index in [1.54, 1.807) is 12.1 Å². The topological polar surface area (TPSA) is 81.2 Å². The van der Waals surface area contributed by atoms with E-state index in [9.17, 15) is 10.1 Å². The van der Waals surface area contributed by atoms with Crippen molar-refractivity contribution in [3.8, 4) is 0 Å². The first-order chi connectivity index (χ1) is 9.06. The van der Waals surface area contributed by atoms with Crippen LogP contribution in [0.3, 0.4) is 0 Å². The van der Waals surface area contributed by atoms with Crippen molar-refractivity contribution < 1.29 is 4.92 Å². The fraction of sp³-hybridized carbons (Fsp3) is 0.538. The zero-order valence-electron chi connectivity index (χ0n) is 11.0. The minimum Gasteiger partial charge on any atom is -0.393 e. The van der Waals surface area contributed by atoms with Gasteiger partial charge in [0.05, 0.1) is 4.92 Å². The van der Waals surface area contributed by atoms with Gasteiger partial charge in [0.2, 0.25) is 0 Å². The van der Waals surface area contributed by atoms with Gasteiger partial charge in [-0.1, -0.05) is 12.8 Å². The van der Waals surface area contributed by atoms with Crippen molar-refractivity contribution in [3.63, 3.8) is 0 Å². The molecule has 1 aromatic carbocycles. The number of nitrogens with two attached hydrogens (primary N) is 1. The zero-order chi connectivity index (χ0) is 13.9. The standard InChI is InChI=1S/C13H19N3O2S/c1-19-13(6-2-3-7-13)9-15-10-4-5-12(16(17)18)11(14)8-10/h4-5,8,15H,2-3,6-7,9,14H2,1H3. The summed E-state index contributed by atoms with van der Waals surface area (Å²) in [4.78, 5) is 10.2. The first kappa shape index (κ1) is 14.0. The van der Waals surface area contributed by atoms with Crippen LogP contribution in [0.1, 0.15) is 25.7 Å². The maximum Gasteiger partial charge on any atom is 0.292 e. The summed E-state index contributed by atoms with van der Waals surface area (Å²) in [6, 6.07) is 4.82. The second-order valence-corrected chi connectivity index (χ2v) is 6.25. The third-order valence-electron chi connectivity index (χ3n) is 3.79. The van der Waals surface area contributed by atoms with E-state index >= 15 is 0 Å². The van der Waals surface area contributed by atoms with Gasteiger partial charge in [-0.05, 0) is 31.2 Å². The predicted molar refractivity (Wildman–Crippen MR) is 80.7 cm³/mol. The smallest absolute Gasteiger partial charge is 0.292 e. The molecule has 1 aliphatic carbocycles. The van der Waals surface area contributed by atoms with Crippen LogP contribution in [0.5, 0.6) is 0 Å². The maximum absolute atomic E-state index is 10.7. The lowest BCUT2D eigenvalue weighted by Gasteiger charge is -2.27. The Balaban J connectivity index is 2.03. The number of nitrogens with one attached hydrogen (secondary N) is 1. The molecule has 0 bridgehead atoms. The number of nitro groups is 1. The van der Waals surface area contributed by atoms with E-state index in [1.807, 2.05) is 11.8 Å². The molecule has 104 valence electrons. The molecule has 1 aromatic rings. The Kier molecular flexibility index (Phi) is 4.19. The molecule has 1 saturated carbocycles. The van der Waals surface area contributed by atoms with Crippen molar-refractivity contribution in [3.05, 3.63) is 28.3 Å². The second-order valence-electron chi connectivity index (χ2n) is 4.98. The van der Waals surface area contributed by atoms with Gasteiger partial charge in [-0.3, -0.25) is 10.1 Å². The maximum atomic E-state index is 10.7. The van der Waals surface area contributed by atoms with Crippen LogP contribution < -0.4 is 11.1 Å². The van der Waals surface area contributed by atoms with Crippen molar-refractivity contribution in [2.45, 2.75) is 30.4 Å². The first-order valence-corrected chi connectivity index (χ1v) is 7.62. The number of nitro benzene ring substituents is 1. The second kappa shape index (κ2) is 5.69. The highest BCUT2D eigenvalue weighted by Crippen LogP contribution is 2.40. The Bertz CT molecular complexity index is 473. The SMILES string of the molecule is CSC1(CNc2ccc([N+](=O)[O-])c(N)c2)CCCC1. The molecule has 5 nitrogen and oxygen atoms in total. The number of hydrogen-bond acceptors (Lipinski definition) is 5. The van der Waals surface area contributed by atoms with Crippen molar-refractivity contribution in [1.82, 2.24) is 0 Å². The molecule has 6 heteroatoms. The number of anilines is 2. The van der Waals surface area contributed by atoms with Crippen molar-refractivity contribution >= 4 is 28.8 Å². The molecular formula is C13H19N3O2S. The average Bonchev–Trinajstić information content (AvgIpc) is 2.85. The van der Waals surface area contributed by atoms with Gasteiger partial charge in [-0.2, -0.15) is 11.8 Å². The lowest BCUT2D eigenvalue weighted by Crippen LogP contribution is -2.30. The van der Waals surface area contributed by atoms with Gasteiger partial charge >= 0.3 is 0 Å². The van der Waals surface area contributed by atoms with Crippen LogP contribution >= 0.6 is 11.8 Å². The summed E-state index contributed by atoms with van der Waals surface area (Å²) in [5, 5.41) is 14.1. The Labute approximate surface area is 117 Å². The lowest BCUT2D eigenvalue weighted by atomic mass is 10.1. The molecule has 1 aliphatic rings. The highest BCUT2D eigenvalue weighted by atomic mass is 32.2. The summed E-state index contributed by atoms with van der Waals surface area (Å²) in [5.41, 5.74) is 6.71. The molecule has 2 rings (SSSR count). The molecule has 0 atom stereocenters. The van der Waals surface area contributed by atoms with E-state index in [0.29, 0.717) is 4.75 Å². The molecule has 19 heavy (non-hydrogen) atoms. The van der Waals surface area contributed by atoms with Crippen LogP contribution in [0.2, 0.25) is 0 Å². The van der Waals surface area contributed by atoms with E-state index in [1.165, 1.54) is 31.7 Å². The molecule has 0 aliphatic heterocycles. The number of hydrogen-bond donors (Lipinski definition) is 2. The lowest BCUT2D eigenvalue weighted by molar-refractivity contribution is -0.383. The molecular weight excluding hydrogens is 262 g/mol. The number of thioether (sulfide) groups is 1. The Morgan fingerprint density at radius 3 is 2.68 bits per heavy atom. The largest absolute Gasteiger partial charge is 0.393 e. The molecule has 0 unspecified atom stereocenters. The molecule has 0 radical (unpaired) electrons. The predicted octanol–water partition coefficient (Wildman–Crippen LogP) is 3.26. The third kappa shape index (κ3) is 3.12. The monoisotopic (exact) mass is 281 g/mol. The number of nitrogens with zero attached hydrogens (tertiary/aromatic N) is 1. The van der Waals surface area contributed by atoms with E-state index in [4.69, 9.17) is 5.73 Å². The molecule has 0 heterocycles. The summed E-state index contributed by atoms with van der Waals surface area (Å²) in [6.07, 6.45) is 7.17. The van der Waals surface area contributed by atoms with E-state index < -0.39 is 4.92 Å². The highest BCUT2D eigenvalue weighted by molar-refractivity contribution is 8.00. The molecule has 0 amide bonds. The average molecular weight is 281 g/mol. The van der Waals surface area contributed by atoms with Gasteiger partial charge in [0.1, 0.15) is 5.69 Å². The molecule has 0 aromatic heterocycles. The zero-order valence-corrected chi connectivity index (χ0v) is 11.8. The minimum absolute atomic E-state index is 0.0361. The van der Waals surface area contributed by atoms with Gasteiger partial charge < -0.3 is 11.1 Å². The highest BCUT2D eigenvalue weighted by Gasteiger charge is 2.32. The van der Waals surface area contributed by atoms with Gasteiger partial charge in [0, 0.05) is 23.0 Å². The van der Waals surface area contributed by atoms with Crippen molar-refractivity contribution in [2.75, 3.05) is 23.9 Å². The van der Waals surface area contributed by atoms with Crippen LogP contribution in [0.15, 0.2) is 18.2 Å². The molecule has 0 saturated heterocycles. The Morgan fingerprint density at radius 2 is 2.16 bits per heavy atom. The minimum atomic E-state index is -0.459. The summed E-state index contributed by atoms with van der Waals surface area (Å²) >= 11 is 1.91. The van der Waals surface area contributed by atoms with Crippen LogP contribution in [0.25, 0.3) is 0 Å². The van der Waals surface area contributed by atoms with Crippen molar-refractivity contribution in [2.24, 2.45) is 0 Å². The Hall–Kier alpha value is -1.43. The fourth-order valence-electron chi connectivity index (χ4n) is 2.57. The first-order valence-electron chi connectivity index (χ1n) is 6.39. The van der Waals surface area contributed by atoms with Gasteiger partial charge in [0.15, 0.2) is 0 Å². The number of benzene rings is 1. The number of nitrogen functional groups attached to an aromatic ring is 1. The van der Waals surface area contributed by atoms with Crippen LogP contribution in [-0.2, 0) is 0 Å². The fourth-order valence-corrected chi connectivity index (χ4v) is 3.48. The number of rotatable bonds is 5. The molecule has 1 fully saturated rings. The summed E-state index contributed by atoms with van der Waals surface area (Å²) in [6.45, 7) is 0.880. The molecule has 3 N–H and O–H groups in total. The van der Waals surface area contributed by atoms with Crippen LogP contribution in [0, 0.1) is 10.1 Å². The van der Waals surface area contributed by atoms with Gasteiger partial charge in [-0.15, -0.1) is 0 Å². The van der Waals surface area contributed by atoms with E-state index in [2.05, 4.69) is 11.6 Å². The summed E-state index contributed by atoms with van der Waals surface area (Å²) < 4.78 is 0.302. The van der Waals surface area contributed by atoms with Crippen molar-refractivity contribution in [1.29, 1.82) is 0 Å². The summed E-state index contributed by atoms with van der Waals surface area (Å²) in [5.74, 6) is 0. The van der Waals surface area contributed by atoms with Crippen LogP contribution in [0.4, 0.5) is 17.1 Å².